The van der Waals surface area contributed by atoms with Crippen LogP contribution in [0.5, 0.6) is 0 Å². The number of aromatic nitrogens is 4. The Morgan fingerprint density at radius 1 is 1.14 bits per heavy atom. The first-order valence-electron chi connectivity index (χ1n) is 11.8. The van der Waals surface area contributed by atoms with Crippen LogP contribution in [0.3, 0.4) is 0 Å². The van der Waals surface area contributed by atoms with E-state index in [0.29, 0.717) is 19.5 Å². The predicted octanol–water partition coefficient (Wildman–Crippen LogP) is 1.90. The van der Waals surface area contributed by atoms with E-state index in [1.165, 1.54) is 4.57 Å². The van der Waals surface area contributed by atoms with Crippen LogP contribution in [-0.4, -0.2) is 37.8 Å². The molecule has 2 heterocycles. The summed E-state index contributed by atoms with van der Waals surface area (Å²) >= 11 is 0. The van der Waals surface area contributed by atoms with Gasteiger partial charge in [0.2, 0.25) is 0 Å². The van der Waals surface area contributed by atoms with Gasteiger partial charge in [-0.3, -0.25) is 33.5 Å². The molecule has 0 fully saturated rings. The smallest absolute Gasteiger partial charge is 0.330 e. The zero-order valence-electron chi connectivity index (χ0n) is 20.8. The standard InChI is InChI=1S/C25H32N6O5/c1-4-5-12-29-23(26)22(24(34)27-25(29)35)30(15-19-9-7-6-8-10-19)20(32)16-36-21(33)11-13-31-18(3)14-17(2)28-31/h6-10,14H,4-5,11-13,15-16,26H2,1-3H3,(H,27,34,35). The molecule has 0 spiro atoms. The summed E-state index contributed by atoms with van der Waals surface area (Å²) in [5, 5.41) is 4.30. The van der Waals surface area contributed by atoms with Crippen molar-refractivity contribution in [2.75, 3.05) is 17.2 Å². The van der Waals surface area contributed by atoms with E-state index in [1.54, 1.807) is 28.9 Å². The number of benzene rings is 1. The molecular formula is C25H32N6O5. The molecule has 0 unspecified atom stereocenters. The molecule has 0 saturated carbocycles. The van der Waals surface area contributed by atoms with Gasteiger partial charge in [-0.1, -0.05) is 43.7 Å². The normalized spacial score (nSPS) is 10.9. The molecule has 0 aliphatic heterocycles. The highest BCUT2D eigenvalue weighted by Crippen LogP contribution is 2.20. The molecule has 11 nitrogen and oxygen atoms in total. The van der Waals surface area contributed by atoms with Gasteiger partial charge in [0.05, 0.1) is 25.2 Å². The first-order valence-corrected chi connectivity index (χ1v) is 11.8. The van der Waals surface area contributed by atoms with Crippen molar-refractivity contribution in [3.8, 4) is 0 Å². The van der Waals surface area contributed by atoms with Gasteiger partial charge in [-0.05, 0) is 31.9 Å². The molecule has 0 atom stereocenters. The maximum absolute atomic E-state index is 13.2. The summed E-state index contributed by atoms with van der Waals surface area (Å²) in [5.41, 5.74) is 7.14. The number of ether oxygens (including phenoxy) is 1. The van der Waals surface area contributed by atoms with Gasteiger partial charge in [0.15, 0.2) is 12.3 Å². The molecule has 0 bridgehead atoms. The Labute approximate surface area is 208 Å². The van der Waals surface area contributed by atoms with Gasteiger partial charge < -0.3 is 10.5 Å². The Morgan fingerprint density at radius 2 is 1.86 bits per heavy atom. The first-order chi connectivity index (χ1) is 17.2. The summed E-state index contributed by atoms with van der Waals surface area (Å²) in [6.45, 7) is 5.73. The van der Waals surface area contributed by atoms with Crippen LogP contribution in [0.25, 0.3) is 0 Å². The van der Waals surface area contributed by atoms with Gasteiger partial charge in [0, 0.05) is 12.2 Å². The van der Waals surface area contributed by atoms with Crippen molar-refractivity contribution in [1.82, 2.24) is 19.3 Å². The van der Waals surface area contributed by atoms with E-state index in [1.807, 2.05) is 32.9 Å². The van der Waals surface area contributed by atoms with Crippen LogP contribution in [-0.2, 0) is 34.0 Å². The van der Waals surface area contributed by atoms with Gasteiger partial charge in [-0.2, -0.15) is 5.10 Å². The zero-order valence-corrected chi connectivity index (χ0v) is 20.8. The van der Waals surface area contributed by atoms with Crippen LogP contribution in [0, 0.1) is 13.8 Å². The third-order valence-corrected chi connectivity index (χ3v) is 5.69. The van der Waals surface area contributed by atoms with Crippen molar-refractivity contribution in [1.29, 1.82) is 0 Å². The van der Waals surface area contributed by atoms with E-state index in [-0.39, 0.29) is 24.5 Å². The second-order valence-corrected chi connectivity index (χ2v) is 8.52. The minimum atomic E-state index is -0.787. The number of nitrogens with zero attached hydrogens (tertiary/aromatic N) is 4. The minimum absolute atomic E-state index is 0.00223. The SMILES string of the molecule is CCCCn1c(N)c(N(Cc2ccccc2)C(=O)COC(=O)CCn2nc(C)cc2C)c(=O)[nH]c1=O. The Morgan fingerprint density at radius 3 is 2.50 bits per heavy atom. The number of rotatable bonds is 11. The summed E-state index contributed by atoms with van der Waals surface area (Å²) in [4.78, 5) is 54.1. The maximum atomic E-state index is 13.2. The van der Waals surface area contributed by atoms with Crippen LogP contribution in [0.15, 0.2) is 46.0 Å². The highest BCUT2D eigenvalue weighted by Gasteiger charge is 2.25. The third kappa shape index (κ3) is 6.49. The molecule has 1 aromatic carbocycles. The van der Waals surface area contributed by atoms with Crippen LogP contribution in [0.4, 0.5) is 11.5 Å². The molecule has 192 valence electrons. The molecule has 3 N–H and O–H groups in total. The van der Waals surface area contributed by atoms with Crippen LogP contribution < -0.4 is 21.9 Å². The topological polar surface area (TPSA) is 145 Å². The monoisotopic (exact) mass is 496 g/mol. The van der Waals surface area contributed by atoms with Gasteiger partial charge >= 0.3 is 11.7 Å². The molecule has 11 heteroatoms. The lowest BCUT2D eigenvalue weighted by Crippen LogP contribution is -2.42. The van der Waals surface area contributed by atoms with Gasteiger partial charge in [-0.25, -0.2) is 4.79 Å². The van der Waals surface area contributed by atoms with Gasteiger partial charge in [0.25, 0.3) is 11.5 Å². The molecule has 36 heavy (non-hydrogen) atoms. The van der Waals surface area contributed by atoms with E-state index < -0.39 is 29.7 Å². The number of H-pyrrole nitrogens is 1. The lowest BCUT2D eigenvalue weighted by atomic mass is 10.2. The van der Waals surface area contributed by atoms with Crippen LogP contribution >= 0.6 is 0 Å². The minimum Gasteiger partial charge on any atom is -0.455 e. The van der Waals surface area contributed by atoms with Crippen molar-refractivity contribution in [3.63, 3.8) is 0 Å². The molecule has 0 aliphatic carbocycles. The van der Waals surface area contributed by atoms with E-state index in [4.69, 9.17) is 10.5 Å². The summed E-state index contributed by atoms with van der Waals surface area (Å²) < 4.78 is 8.15. The number of carbonyl (C=O) groups excluding carboxylic acids is 2. The Kier molecular flexibility index (Phi) is 8.82. The molecule has 1 amide bonds. The van der Waals surface area contributed by atoms with Crippen LogP contribution in [0.2, 0.25) is 0 Å². The average Bonchev–Trinajstić information content (AvgIpc) is 3.17. The molecule has 0 aliphatic rings. The van der Waals surface area contributed by atoms with E-state index in [0.717, 1.165) is 28.3 Å². The number of hydrogen-bond acceptors (Lipinski definition) is 7. The van der Waals surface area contributed by atoms with Crippen molar-refractivity contribution < 1.29 is 14.3 Å². The number of nitrogens with two attached hydrogens (primary N) is 1. The maximum Gasteiger partial charge on any atom is 0.330 e. The Balaban J connectivity index is 1.81. The number of aryl methyl sites for hydroxylation is 3. The second-order valence-electron chi connectivity index (χ2n) is 8.52. The average molecular weight is 497 g/mol. The van der Waals surface area contributed by atoms with Crippen molar-refractivity contribution >= 4 is 23.4 Å². The van der Waals surface area contributed by atoms with Gasteiger partial charge in [0.1, 0.15) is 5.82 Å². The Hall–Kier alpha value is -4.15. The summed E-state index contributed by atoms with van der Waals surface area (Å²) in [6, 6.07) is 10.9. The van der Waals surface area contributed by atoms with Crippen molar-refractivity contribution in [2.45, 2.75) is 59.7 Å². The molecule has 0 radical (unpaired) electrons. The largest absolute Gasteiger partial charge is 0.455 e. The number of esters is 1. The van der Waals surface area contributed by atoms with E-state index in [9.17, 15) is 19.2 Å². The molecular weight excluding hydrogens is 464 g/mol. The quantitative estimate of drug-likeness (QED) is 0.386. The number of anilines is 2. The van der Waals surface area contributed by atoms with Gasteiger partial charge in [-0.15, -0.1) is 0 Å². The number of unbranched alkanes of at least 4 members (excludes halogenated alkanes) is 1. The first kappa shape index (κ1) is 26.5. The van der Waals surface area contributed by atoms with Crippen molar-refractivity contribution in [2.24, 2.45) is 0 Å². The van der Waals surface area contributed by atoms with E-state index >= 15 is 0 Å². The number of aromatic amines is 1. The molecule has 0 saturated heterocycles. The highest BCUT2D eigenvalue weighted by molar-refractivity contribution is 5.97. The second kappa shape index (κ2) is 12.0. The fourth-order valence-corrected chi connectivity index (χ4v) is 3.83. The number of hydrogen-bond donors (Lipinski definition) is 2. The summed E-state index contributed by atoms with van der Waals surface area (Å²) in [5.74, 6) is -1.33. The lowest BCUT2D eigenvalue weighted by Gasteiger charge is -2.24. The van der Waals surface area contributed by atoms with Crippen LogP contribution in [0.1, 0.15) is 43.1 Å². The number of carbonyl (C=O) groups is 2. The fourth-order valence-electron chi connectivity index (χ4n) is 3.83. The number of amides is 1. The third-order valence-electron chi connectivity index (χ3n) is 5.69. The molecule has 2 aromatic heterocycles. The molecule has 3 aromatic rings. The predicted molar refractivity (Wildman–Crippen MR) is 136 cm³/mol. The summed E-state index contributed by atoms with van der Waals surface area (Å²) in [6.07, 6.45) is 1.49. The Bertz CT molecular complexity index is 1320. The zero-order chi connectivity index (χ0) is 26.2. The van der Waals surface area contributed by atoms with E-state index in [2.05, 4.69) is 10.1 Å². The molecule has 3 rings (SSSR count). The highest BCUT2D eigenvalue weighted by atomic mass is 16.5. The number of nitrogens with one attached hydrogen (secondary N) is 1. The number of nitrogen functional groups attached to an aromatic ring is 1. The summed E-state index contributed by atoms with van der Waals surface area (Å²) in [7, 11) is 0. The van der Waals surface area contributed by atoms with Crippen molar-refractivity contribution in [3.05, 3.63) is 74.2 Å². The lowest BCUT2D eigenvalue weighted by molar-refractivity contribution is -0.148. The fraction of sp³-hybridized carbons (Fsp3) is 0.400.